The molecule has 1 nitrogen and oxygen atoms in total. The maximum Gasteiger partial charge on any atom is 0.126 e. The molecule has 0 aliphatic heterocycles. The van der Waals surface area contributed by atoms with Crippen LogP contribution in [-0.4, -0.2) is 7.05 Å². The van der Waals surface area contributed by atoms with Crippen LogP contribution in [0.15, 0.2) is 42.5 Å². The number of hydrogen-bond acceptors (Lipinski definition) is 1. The van der Waals surface area contributed by atoms with Gasteiger partial charge < -0.3 is 5.32 Å². The average molecular weight is 278 g/mol. The zero-order valence-corrected chi connectivity index (χ0v) is 11.8. The van der Waals surface area contributed by atoms with E-state index in [-0.39, 0.29) is 11.9 Å². The Morgan fingerprint density at radius 2 is 1.95 bits per heavy atom. The SMILES string of the molecule is CNC(Cc1ccccc1F)c1cc(C)cc(Cl)c1. The quantitative estimate of drug-likeness (QED) is 0.879. The standard InChI is InChI=1S/C16H17ClFN/c1-11-7-13(9-14(17)8-11)16(19-2)10-12-5-3-4-6-15(12)18/h3-9,16,19H,10H2,1-2H3. The fraction of sp³-hybridized carbons (Fsp3) is 0.250. The van der Waals surface area contributed by atoms with Gasteiger partial charge in [0.05, 0.1) is 0 Å². The number of hydrogen-bond donors (Lipinski definition) is 1. The van der Waals surface area contributed by atoms with Gasteiger partial charge in [-0.25, -0.2) is 4.39 Å². The minimum absolute atomic E-state index is 0.0503. The molecule has 19 heavy (non-hydrogen) atoms. The highest BCUT2D eigenvalue weighted by molar-refractivity contribution is 6.30. The average Bonchev–Trinajstić information content (AvgIpc) is 2.36. The first-order valence-electron chi connectivity index (χ1n) is 6.28. The van der Waals surface area contributed by atoms with Crippen LogP contribution >= 0.6 is 11.6 Å². The van der Waals surface area contributed by atoms with Crippen molar-refractivity contribution >= 4 is 11.6 Å². The van der Waals surface area contributed by atoms with Crippen molar-refractivity contribution in [2.75, 3.05) is 7.05 Å². The number of likely N-dealkylation sites (N-methyl/N-ethyl adjacent to an activating group) is 1. The lowest BCUT2D eigenvalue weighted by atomic mass is 9.97. The van der Waals surface area contributed by atoms with E-state index in [9.17, 15) is 4.39 Å². The Morgan fingerprint density at radius 1 is 1.21 bits per heavy atom. The van der Waals surface area contributed by atoms with Gasteiger partial charge in [-0.1, -0.05) is 35.9 Å². The predicted octanol–water partition coefficient (Wildman–Crippen LogP) is 4.29. The van der Waals surface area contributed by atoms with Crippen molar-refractivity contribution in [2.24, 2.45) is 0 Å². The Balaban J connectivity index is 2.28. The molecule has 0 aliphatic carbocycles. The van der Waals surface area contributed by atoms with Crippen molar-refractivity contribution in [1.29, 1.82) is 0 Å². The number of aryl methyl sites for hydroxylation is 1. The highest BCUT2D eigenvalue weighted by Crippen LogP contribution is 2.24. The Morgan fingerprint density at radius 3 is 2.58 bits per heavy atom. The van der Waals surface area contributed by atoms with E-state index in [0.717, 1.165) is 11.1 Å². The van der Waals surface area contributed by atoms with Gasteiger partial charge >= 0.3 is 0 Å². The Labute approximate surface area is 118 Å². The van der Waals surface area contributed by atoms with Crippen LogP contribution in [0.4, 0.5) is 4.39 Å². The van der Waals surface area contributed by atoms with E-state index in [1.54, 1.807) is 6.07 Å². The minimum atomic E-state index is -0.165. The lowest BCUT2D eigenvalue weighted by molar-refractivity contribution is 0.554. The number of benzene rings is 2. The van der Waals surface area contributed by atoms with Gasteiger partial charge in [0, 0.05) is 11.1 Å². The Hall–Kier alpha value is -1.38. The smallest absolute Gasteiger partial charge is 0.126 e. The molecule has 3 heteroatoms. The van der Waals surface area contributed by atoms with Gasteiger partial charge in [0.25, 0.3) is 0 Å². The summed E-state index contributed by atoms with van der Waals surface area (Å²) in [5.74, 6) is -0.165. The first-order chi connectivity index (χ1) is 9.10. The van der Waals surface area contributed by atoms with Crippen LogP contribution in [-0.2, 0) is 6.42 Å². The van der Waals surface area contributed by atoms with E-state index in [0.29, 0.717) is 17.0 Å². The van der Waals surface area contributed by atoms with Crippen LogP contribution < -0.4 is 5.32 Å². The van der Waals surface area contributed by atoms with Crippen molar-refractivity contribution in [1.82, 2.24) is 5.32 Å². The molecule has 0 aromatic heterocycles. The third kappa shape index (κ3) is 3.55. The molecule has 0 fully saturated rings. The van der Waals surface area contributed by atoms with Gasteiger partial charge in [-0.2, -0.15) is 0 Å². The molecule has 2 aromatic carbocycles. The molecule has 0 radical (unpaired) electrons. The molecule has 100 valence electrons. The third-order valence-corrected chi connectivity index (χ3v) is 3.42. The van der Waals surface area contributed by atoms with Crippen molar-refractivity contribution < 1.29 is 4.39 Å². The summed E-state index contributed by atoms with van der Waals surface area (Å²) in [6, 6.07) is 12.8. The van der Waals surface area contributed by atoms with E-state index in [1.807, 2.05) is 38.2 Å². The molecule has 0 spiro atoms. The second-order valence-electron chi connectivity index (χ2n) is 4.70. The van der Waals surface area contributed by atoms with E-state index >= 15 is 0 Å². The van der Waals surface area contributed by atoms with Gasteiger partial charge in [0.2, 0.25) is 0 Å². The summed E-state index contributed by atoms with van der Waals surface area (Å²) in [7, 11) is 1.88. The largest absolute Gasteiger partial charge is 0.313 e. The predicted molar refractivity (Wildman–Crippen MR) is 78.1 cm³/mol. The summed E-state index contributed by atoms with van der Waals surface area (Å²) >= 11 is 6.08. The highest BCUT2D eigenvalue weighted by atomic mass is 35.5. The van der Waals surface area contributed by atoms with E-state index in [4.69, 9.17) is 11.6 Å². The normalized spacial score (nSPS) is 12.4. The molecule has 2 aromatic rings. The lowest BCUT2D eigenvalue weighted by Gasteiger charge is -2.18. The summed E-state index contributed by atoms with van der Waals surface area (Å²) in [5, 5.41) is 3.94. The zero-order chi connectivity index (χ0) is 13.8. The van der Waals surface area contributed by atoms with Crippen LogP contribution in [0.1, 0.15) is 22.7 Å². The van der Waals surface area contributed by atoms with Crippen molar-refractivity contribution in [3.05, 3.63) is 70.0 Å². The molecule has 0 heterocycles. The van der Waals surface area contributed by atoms with Gasteiger partial charge in [-0.15, -0.1) is 0 Å². The van der Waals surface area contributed by atoms with Crippen molar-refractivity contribution in [3.8, 4) is 0 Å². The molecule has 1 N–H and O–H groups in total. The maximum atomic E-state index is 13.7. The molecule has 0 aliphatic rings. The molecule has 2 rings (SSSR count). The second-order valence-corrected chi connectivity index (χ2v) is 5.14. The monoisotopic (exact) mass is 277 g/mol. The maximum absolute atomic E-state index is 13.7. The molecule has 0 bridgehead atoms. The van der Waals surface area contributed by atoms with Crippen molar-refractivity contribution in [2.45, 2.75) is 19.4 Å². The van der Waals surface area contributed by atoms with E-state index in [2.05, 4.69) is 11.4 Å². The summed E-state index contributed by atoms with van der Waals surface area (Å²) in [5.41, 5.74) is 2.89. The molecule has 0 amide bonds. The molecule has 1 unspecified atom stereocenters. The van der Waals surface area contributed by atoms with Gasteiger partial charge in [0.15, 0.2) is 0 Å². The molecule has 0 saturated carbocycles. The van der Waals surface area contributed by atoms with Crippen LogP contribution in [0.25, 0.3) is 0 Å². The number of rotatable bonds is 4. The fourth-order valence-electron chi connectivity index (χ4n) is 2.24. The minimum Gasteiger partial charge on any atom is -0.313 e. The molecule has 1 atom stereocenters. The fourth-order valence-corrected chi connectivity index (χ4v) is 2.53. The third-order valence-electron chi connectivity index (χ3n) is 3.20. The number of nitrogens with one attached hydrogen (secondary N) is 1. The van der Waals surface area contributed by atoms with Gasteiger partial charge in [0.1, 0.15) is 5.82 Å². The van der Waals surface area contributed by atoms with Crippen LogP contribution in [0.5, 0.6) is 0 Å². The summed E-state index contributed by atoms with van der Waals surface area (Å²) in [6.45, 7) is 2.01. The van der Waals surface area contributed by atoms with E-state index < -0.39 is 0 Å². The van der Waals surface area contributed by atoms with Gasteiger partial charge in [-0.3, -0.25) is 0 Å². The highest BCUT2D eigenvalue weighted by Gasteiger charge is 2.13. The lowest BCUT2D eigenvalue weighted by Crippen LogP contribution is -2.19. The first-order valence-corrected chi connectivity index (χ1v) is 6.65. The topological polar surface area (TPSA) is 12.0 Å². The second kappa shape index (κ2) is 6.18. The Kier molecular flexibility index (Phi) is 4.56. The molecular formula is C16H17ClFN. The summed E-state index contributed by atoms with van der Waals surface area (Å²) < 4.78 is 13.7. The Bertz CT molecular complexity index is 548. The van der Waals surface area contributed by atoms with Crippen LogP contribution in [0, 0.1) is 12.7 Å². The summed E-state index contributed by atoms with van der Waals surface area (Å²) in [4.78, 5) is 0. The first kappa shape index (κ1) is 14.0. The van der Waals surface area contributed by atoms with Crippen molar-refractivity contribution in [3.63, 3.8) is 0 Å². The zero-order valence-electron chi connectivity index (χ0n) is 11.1. The van der Waals surface area contributed by atoms with Crippen LogP contribution in [0.3, 0.4) is 0 Å². The summed E-state index contributed by atoms with van der Waals surface area (Å²) in [6.07, 6.45) is 0.600. The number of halogens is 2. The molecular weight excluding hydrogens is 261 g/mol. The van der Waals surface area contributed by atoms with Crippen LogP contribution in [0.2, 0.25) is 5.02 Å². The molecule has 0 saturated heterocycles. The van der Waals surface area contributed by atoms with E-state index in [1.165, 1.54) is 6.07 Å². The van der Waals surface area contributed by atoms with Gasteiger partial charge in [-0.05, 0) is 55.3 Å².